The first-order chi connectivity index (χ1) is 12.9. The molecule has 7 heteroatoms. The van der Waals surface area contributed by atoms with Crippen molar-refractivity contribution in [3.63, 3.8) is 0 Å². The molecule has 2 unspecified atom stereocenters. The molecule has 27 heavy (non-hydrogen) atoms. The summed E-state index contributed by atoms with van der Waals surface area (Å²) in [5.74, 6) is -2.14. The summed E-state index contributed by atoms with van der Waals surface area (Å²) in [7, 11) is 0. The SMILES string of the molecule is CC(=O)Nc1ccc(SC(C)C(=O)NCC(C(=O)O)c2ccccc2)cc1. The van der Waals surface area contributed by atoms with E-state index in [0.717, 1.165) is 4.90 Å². The Kier molecular flexibility index (Phi) is 7.43. The van der Waals surface area contributed by atoms with Crippen molar-refractivity contribution >= 4 is 35.2 Å². The number of anilines is 1. The first kappa shape index (κ1) is 20.5. The molecule has 2 aromatic rings. The van der Waals surface area contributed by atoms with Crippen LogP contribution in [0.25, 0.3) is 0 Å². The van der Waals surface area contributed by atoms with Gasteiger partial charge in [-0.1, -0.05) is 30.3 Å². The van der Waals surface area contributed by atoms with E-state index in [1.54, 1.807) is 43.3 Å². The molecule has 2 aromatic carbocycles. The number of benzene rings is 2. The van der Waals surface area contributed by atoms with E-state index in [0.29, 0.717) is 11.3 Å². The van der Waals surface area contributed by atoms with Crippen molar-refractivity contribution in [2.24, 2.45) is 0 Å². The van der Waals surface area contributed by atoms with Crippen LogP contribution in [0.3, 0.4) is 0 Å². The minimum atomic E-state index is -0.977. The van der Waals surface area contributed by atoms with Crippen molar-refractivity contribution in [2.75, 3.05) is 11.9 Å². The van der Waals surface area contributed by atoms with Crippen LogP contribution in [0.1, 0.15) is 25.3 Å². The minimum Gasteiger partial charge on any atom is -0.481 e. The van der Waals surface area contributed by atoms with Gasteiger partial charge in [0.25, 0.3) is 0 Å². The lowest BCUT2D eigenvalue weighted by Crippen LogP contribution is -2.36. The summed E-state index contributed by atoms with van der Waals surface area (Å²) in [6.07, 6.45) is 0. The molecule has 0 fully saturated rings. The van der Waals surface area contributed by atoms with Crippen LogP contribution in [0.5, 0.6) is 0 Å². The first-order valence-electron chi connectivity index (χ1n) is 8.46. The summed E-state index contributed by atoms with van der Waals surface area (Å²) >= 11 is 1.36. The summed E-state index contributed by atoms with van der Waals surface area (Å²) in [4.78, 5) is 35.7. The standard InChI is InChI=1S/C20H22N2O4S/c1-13(27-17-10-8-16(9-11-17)22-14(2)23)19(24)21-12-18(20(25)26)15-6-4-3-5-7-15/h3-11,13,18H,12H2,1-2H3,(H,21,24)(H,22,23)(H,25,26). The molecule has 2 amide bonds. The van der Waals surface area contributed by atoms with Gasteiger partial charge in [0.15, 0.2) is 0 Å². The second kappa shape index (κ2) is 9.78. The fourth-order valence-electron chi connectivity index (χ4n) is 2.46. The molecule has 3 N–H and O–H groups in total. The molecule has 0 aliphatic rings. The molecule has 2 atom stereocenters. The van der Waals surface area contributed by atoms with Gasteiger partial charge >= 0.3 is 5.97 Å². The van der Waals surface area contributed by atoms with Crippen LogP contribution in [-0.2, 0) is 14.4 Å². The third-order valence-corrected chi connectivity index (χ3v) is 4.95. The van der Waals surface area contributed by atoms with Crippen molar-refractivity contribution in [1.29, 1.82) is 0 Å². The van der Waals surface area contributed by atoms with Crippen LogP contribution >= 0.6 is 11.8 Å². The van der Waals surface area contributed by atoms with Gasteiger partial charge < -0.3 is 15.7 Å². The first-order valence-corrected chi connectivity index (χ1v) is 9.34. The number of aliphatic carboxylic acids is 1. The lowest BCUT2D eigenvalue weighted by Gasteiger charge is -2.16. The predicted octanol–water partition coefficient (Wildman–Crippen LogP) is 3.11. The van der Waals surface area contributed by atoms with E-state index in [1.165, 1.54) is 18.7 Å². The molecule has 142 valence electrons. The molecule has 2 rings (SSSR count). The number of carboxylic acids is 1. The maximum absolute atomic E-state index is 12.3. The number of hydrogen-bond donors (Lipinski definition) is 3. The fourth-order valence-corrected chi connectivity index (χ4v) is 3.35. The Morgan fingerprint density at radius 1 is 1.04 bits per heavy atom. The van der Waals surface area contributed by atoms with Crippen molar-refractivity contribution < 1.29 is 19.5 Å². The molecular weight excluding hydrogens is 364 g/mol. The molecule has 0 aliphatic heterocycles. The quantitative estimate of drug-likeness (QED) is 0.606. The maximum Gasteiger partial charge on any atom is 0.312 e. The molecule has 0 bridgehead atoms. The van der Waals surface area contributed by atoms with Gasteiger partial charge in [-0.2, -0.15) is 0 Å². The Hall–Kier alpha value is -2.80. The van der Waals surface area contributed by atoms with Gasteiger partial charge in [0, 0.05) is 24.1 Å². The molecular formula is C20H22N2O4S. The Morgan fingerprint density at radius 2 is 1.67 bits per heavy atom. The van der Waals surface area contributed by atoms with Gasteiger partial charge in [0.2, 0.25) is 11.8 Å². The van der Waals surface area contributed by atoms with E-state index < -0.39 is 11.9 Å². The average molecular weight is 386 g/mol. The van der Waals surface area contributed by atoms with E-state index in [-0.39, 0.29) is 23.6 Å². The second-order valence-corrected chi connectivity index (χ2v) is 7.43. The normalized spacial score (nSPS) is 12.7. The summed E-state index contributed by atoms with van der Waals surface area (Å²) in [6, 6.07) is 16.0. The number of carbonyl (C=O) groups is 3. The molecule has 0 saturated carbocycles. The highest BCUT2D eigenvalue weighted by Gasteiger charge is 2.22. The highest BCUT2D eigenvalue weighted by molar-refractivity contribution is 8.00. The Bertz CT molecular complexity index is 793. The van der Waals surface area contributed by atoms with Crippen molar-refractivity contribution in [2.45, 2.75) is 29.9 Å². The third-order valence-electron chi connectivity index (χ3n) is 3.84. The van der Waals surface area contributed by atoms with Crippen molar-refractivity contribution in [3.05, 3.63) is 60.2 Å². The van der Waals surface area contributed by atoms with Crippen LogP contribution < -0.4 is 10.6 Å². The zero-order chi connectivity index (χ0) is 19.8. The predicted molar refractivity (Wildman–Crippen MR) is 106 cm³/mol. The van der Waals surface area contributed by atoms with Gasteiger partial charge in [-0.3, -0.25) is 14.4 Å². The number of nitrogens with one attached hydrogen (secondary N) is 2. The molecule has 0 aliphatic carbocycles. The summed E-state index contributed by atoms with van der Waals surface area (Å²) in [5, 5.41) is 14.4. The molecule has 0 spiro atoms. The van der Waals surface area contributed by atoms with Crippen molar-refractivity contribution in [1.82, 2.24) is 5.32 Å². The van der Waals surface area contributed by atoms with Crippen molar-refractivity contribution in [3.8, 4) is 0 Å². The topological polar surface area (TPSA) is 95.5 Å². The Balaban J connectivity index is 1.91. The zero-order valence-electron chi connectivity index (χ0n) is 15.1. The summed E-state index contributed by atoms with van der Waals surface area (Å²) in [6.45, 7) is 3.24. The highest BCUT2D eigenvalue weighted by atomic mass is 32.2. The lowest BCUT2D eigenvalue weighted by atomic mass is 9.99. The van der Waals surface area contributed by atoms with Crippen LogP contribution in [-0.4, -0.2) is 34.7 Å². The summed E-state index contributed by atoms with van der Waals surface area (Å²) < 4.78 is 0. The zero-order valence-corrected chi connectivity index (χ0v) is 16.0. The van der Waals surface area contributed by atoms with Gasteiger partial charge in [-0.05, 0) is 36.8 Å². The smallest absolute Gasteiger partial charge is 0.312 e. The molecule has 0 saturated heterocycles. The number of carbonyl (C=O) groups excluding carboxylic acids is 2. The fraction of sp³-hybridized carbons (Fsp3) is 0.250. The lowest BCUT2D eigenvalue weighted by molar-refractivity contribution is -0.138. The number of hydrogen-bond acceptors (Lipinski definition) is 4. The van der Waals surface area contributed by atoms with E-state index in [2.05, 4.69) is 10.6 Å². The van der Waals surface area contributed by atoms with E-state index in [1.807, 2.05) is 18.2 Å². The molecule has 0 radical (unpaired) electrons. The van der Waals surface area contributed by atoms with Gasteiger partial charge in [-0.15, -0.1) is 11.8 Å². The highest BCUT2D eigenvalue weighted by Crippen LogP contribution is 2.25. The van der Waals surface area contributed by atoms with Gasteiger partial charge in [0.05, 0.1) is 11.2 Å². The number of carboxylic acid groups (broad SMARTS) is 1. The molecule has 6 nitrogen and oxygen atoms in total. The number of rotatable bonds is 8. The Labute approximate surface area is 162 Å². The second-order valence-electron chi connectivity index (χ2n) is 6.01. The molecule has 0 aromatic heterocycles. The minimum absolute atomic E-state index is 0.0323. The monoisotopic (exact) mass is 386 g/mol. The van der Waals surface area contributed by atoms with Crippen LogP contribution in [0, 0.1) is 0 Å². The third kappa shape index (κ3) is 6.45. The average Bonchev–Trinajstić information content (AvgIpc) is 2.63. The maximum atomic E-state index is 12.3. The Morgan fingerprint density at radius 3 is 2.22 bits per heavy atom. The summed E-state index contributed by atoms with van der Waals surface area (Å²) in [5.41, 5.74) is 1.34. The van der Waals surface area contributed by atoms with E-state index >= 15 is 0 Å². The van der Waals surface area contributed by atoms with E-state index in [9.17, 15) is 19.5 Å². The number of thioether (sulfide) groups is 1. The van der Waals surface area contributed by atoms with Crippen LogP contribution in [0.2, 0.25) is 0 Å². The van der Waals surface area contributed by atoms with Gasteiger partial charge in [-0.25, -0.2) is 0 Å². The molecule has 0 heterocycles. The number of amides is 2. The van der Waals surface area contributed by atoms with E-state index in [4.69, 9.17) is 0 Å². The van der Waals surface area contributed by atoms with Crippen LogP contribution in [0.4, 0.5) is 5.69 Å². The van der Waals surface area contributed by atoms with Crippen LogP contribution in [0.15, 0.2) is 59.5 Å². The van der Waals surface area contributed by atoms with Gasteiger partial charge in [0.1, 0.15) is 0 Å². The largest absolute Gasteiger partial charge is 0.481 e.